The van der Waals surface area contributed by atoms with Gasteiger partial charge < -0.3 is 14.4 Å². The standard InChI is InChI=1S/C12H19O8P/c1-3-11(13)17-7-5-6-8-19-21(15,16)20-10-9-18-12(14)4-2/h3-4H,1-2,5-10H2,(H,15,16). The number of ether oxygens (including phenoxy) is 2. The van der Waals surface area contributed by atoms with Crippen LogP contribution < -0.4 is 0 Å². The highest BCUT2D eigenvalue weighted by Crippen LogP contribution is 2.42. The van der Waals surface area contributed by atoms with E-state index < -0.39 is 19.8 Å². The fourth-order valence-electron chi connectivity index (χ4n) is 1.01. The number of carbonyl (C=O) groups excluding carboxylic acids is 2. The molecule has 0 heterocycles. The van der Waals surface area contributed by atoms with Gasteiger partial charge in [0.15, 0.2) is 0 Å². The Balaban J connectivity index is 3.61. The van der Waals surface area contributed by atoms with Crippen LogP contribution >= 0.6 is 7.82 Å². The van der Waals surface area contributed by atoms with Crippen LogP contribution in [0.2, 0.25) is 0 Å². The minimum Gasteiger partial charge on any atom is -0.463 e. The summed E-state index contributed by atoms with van der Waals surface area (Å²) in [4.78, 5) is 30.7. The number of carbonyl (C=O) groups is 2. The third-order valence-electron chi connectivity index (χ3n) is 1.95. The van der Waals surface area contributed by atoms with Gasteiger partial charge in [-0.05, 0) is 12.8 Å². The zero-order valence-corrected chi connectivity index (χ0v) is 12.5. The molecule has 0 aliphatic heterocycles. The van der Waals surface area contributed by atoms with Crippen molar-refractivity contribution in [3.05, 3.63) is 25.3 Å². The lowest BCUT2D eigenvalue weighted by molar-refractivity contribution is -0.139. The van der Waals surface area contributed by atoms with Gasteiger partial charge in [0.1, 0.15) is 6.61 Å². The van der Waals surface area contributed by atoms with Crippen LogP contribution in [0.4, 0.5) is 0 Å². The molecule has 0 aliphatic rings. The Hall–Kier alpha value is -1.47. The van der Waals surface area contributed by atoms with Crippen LogP contribution in [0.3, 0.4) is 0 Å². The molecule has 0 aromatic rings. The Labute approximate surface area is 122 Å². The van der Waals surface area contributed by atoms with Gasteiger partial charge in [-0.1, -0.05) is 13.2 Å². The monoisotopic (exact) mass is 322 g/mol. The molecule has 0 fully saturated rings. The van der Waals surface area contributed by atoms with E-state index in [2.05, 4.69) is 26.9 Å². The van der Waals surface area contributed by atoms with Crippen LogP contribution in [-0.2, 0) is 32.7 Å². The first-order valence-electron chi connectivity index (χ1n) is 6.11. The van der Waals surface area contributed by atoms with Gasteiger partial charge in [0, 0.05) is 12.2 Å². The van der Waals surface area contributed by atoms with E-state index in [0.717, 1.165) is 12.2 Å². The normalized spacial score (nSPS) is 13.0. The molecular weight excluding hydrogens is 303 g/mol. The summed E-state index contributed by atoms with van der Waals surface area (Å²) >= 11 is 0. The molecule has 0 bridgehead atoms. The van der Waals surface area contributed by atoms with E-state index in [9.17, 15) is 19.0 Å². The van der Waals surface area contributed by atoms with E-state index in [1.165, 1.54) is 0 Å². The zero-order chi connectivity index (χ0) is 16.1. The fraction of sp³-hybridized carbons (Fsp3) is 0.500. The van der Waals surface area contributed by atoms with E-state index in [-0.39, 0.29) is 26.4 Å². The largest absolute Gasteiger partial charge is 0.472 e. The molecule has 0 aromatic carbocycles. The molecule has 0 amide bonds. The van der Waals surface area contributed by atoms with Gasteiger partial charge in [-0.2, -0.15) is 0 Å². The summed E-state index contributed by atoms with van der Waals surface area (Å²) in [5.41, 5.74) is 0. The summed E-state index contributed by atoms with van der Waals surface area (Å²) in [5, 5.41) is 0. The van der Waals surface area contributed by atoms with Crippen LogP contribution in [0.15, 0.2) is 25.3 Å². The highest BCUT2D eigenvalue weighted by atomic mass is 31.2. The molecule has 1 atom stereocenters. The number of phosphoric acid groups is 1. The number of rotatable bonds is 12. The van der Waals surface area contributed by atoms with Crippen molar-refractivity contribution in [1.29, 1.82) is 0 Å². The van der Waals surface area contributed by atoms with Gasteiger partial charge in [-0.3, -0.25) is 9.05 Å². The molecule has 21 heavy (non-hydrogen) atoms. The molecule has 120 valence electrons. The lowest BCUT2D eigenvalue weighted by Crippen LogP contribution is -2.08. The summed E-state index contributed by atoms with van der Waals surface area (Å²) in [5.74, 6) is -1.18. The number of esters is 2. The molecule has 0 rings (SSSR count). The lowest BCUT2D eigenvalue weighted by atomic mass is 10.3. The third-order valence-corrected chi connectivity index (χ3v) is 2.97. The molecule has 0 saturated carbocycles. The second-order valence-electron chi connectivity index (χ2n) is 3.59. The van der Waals surface area contributed by atoms with Crippen LogP contribution in [0.5, 0.6) is 0 Å². The van der Waals surface area contributed by atoms with E-state index in [1.807, 2.05) is 0 Å². The number of hydrogen-bond acceptors (Lipinski definition) is 7. The number of phosphoric ester groups is 1. The molecule has 0 saturated heterocycles. The van der Waals surface area contributed by atoms with Gasteiger partial charge in [0.2, 0.25) is 0 Å². The lowest BCUT2D eigenvalue weighted by Gasteiger charge is -2.12. The first-order valence-corrected chi connectivity index (χ1v) is 7.61. The Morgan fingerprint density at radius 3 is 1.95 bits per heavy atom. The second-order valence-corrected chi connectivity index (χ2v) is 5.04. The summed E-state index contributed by atoms with van der Waals surface area (Å²) in [7, 11) is -4.18. The van der Waals surface area contributed by atoms with Crippen LogP contribution in [0, 0.1) is 0 Å². The SMILES string of the molecule is C=CC(=O)OCCCCOP(=O)(O)OCCOC(=O)C=C. The Morgan fingerprint density at radius 1 is 0.905 bits per heavy atom. The molecule has 0 aliphatic carbocycles. The van der Waals surface area contributed by atoms with E-state index in [1.54, 1.807) is 0 Å². The molecule has 0 aromatic heterocycles. The molecule has 1 N–H and O–H groups in total. The van der Waals surface area contributed by atoms with Gasteiger partial charge in [-0.25, -0.2) is 14.2 Å². The van der Waals surface area contributed by atoms with Crippen molar-refractivity contribution >= 4 is 19.8 Å². The van der Waals surface area contributed by atoms with Crippen LogP contribution in [0.25, 0.3) is 0 Å². The van der Waals surface area contributed by atoms with Crippen LogP contribution in [0.1, 0.15) is 12.8 Å². The summed E-state index contributed by atoms with van der Waals surface area (Å²) in [6.07, 6.45) is 2.89. The maximum atomic E-state index is 11.4. The maximum Gasteiger partial charge on any atom is 0.472 e. The minimum atomic E-state index is -4.18. The summed E-state index contributed by atoms with van der Waals surface area (Å²) < 4.78 is 29.9. The first-order chi connectivity index (χ1) is 9.91. The predicted molar refractivity (Wildman–Crippen MR) is 73.3 cm³/mol. The van der Waals surface area contributed by atoms with Gasteiger partial charge >= 0.3 is 19.8 Å². The second kappa shape index (κ2) is 11.2. The molecule has 0 radical (unpaired) electrons. The van der Waals surface area contributed by atoms with Crippen molar-refractivity contribution in [2.45, 2.75) is 12.8 Å². The fourth-order valence-corrected chi connectivity index (χ4v) is 1.75. The van der Waals surface area contributed by atoms with Crippen molar-refractivity contribution in [2.75, 3.05) is 26.4 Å². The Kier molecular flexibility index (Phi) is 10.4. The molecule has 9 heteroatoms. The van der Waals surface area contributed by atoms with Gasteiger partial charge in [0.25, 0.3) is 0 Å². The molecular formula is C12H19O8P. The highest BCUT2D eigenvalue weighted by molar-refractivity contribution is 7.47. The topological polar surface area (TPSA) is 108 Å². The predicted octanol–water partition coefficient (Wildman–Crippen LogP) is 1.36. The average Bonchev–Trinajstić information content (AvgIpc) is 2.46. The van der Waals surface area contributed by atoms with Crippen molar-refractivity contribution in [3.63, 3.8) is 0 Å². The van der Waals surface area contributed by atoms with Crippen molar-refractivity contribution in [1.82, 2.24) is 0 Å². The van der Waals surface area contributed by atoms with E-state index >= 15 is 0 Å². The van der Waals surface area contributed by atoms with E-state index in [0.29, 0.717) is 12.8 Å². The highest BCUT2D eigenvalue weighted by Gasteiger charge is 2.20. The third kappa shape index (κ3) is 12.0. The molecule has 8 nitrogen and oxygen atoms in total. The van der Waals surface area contributed by atoms with Crippen molar-refractivity contribution in [3.8, 4) is 0 Å². The summed E-state index contributed by atoms with van der Waals surface area (Å²) in [6.45, 7) is 6.10. The number of unbranched alkanes of at least 4 members (excludes halogenated alkanes) is 1. The number of hydrogen-bond donors (Lipinski definition) is 1. The summed E-state index contributed by atoms with van der Waals surface area (Å²) in [6, 6.07) is 0. The van der Waals surface area contributed by atoms with Gasteiger partial charge in [-0.15, -0.1) is 0 Å². The minimum absolute atomic E-state index is 0.0359. The van der Waals surface area contributed by atoms with E-state index in [4.69, 9.17) is 4.74 Å². The molecule has 0 spiro atoms. The van der Waals surface area contributed by atoms with Crippen molar-refractivity contribution in [2.24, 2.45) is 0 Å². The molecule has 1 unspecified atom stereocenters. The zero-order valence-electron chi connectivity index (χ0n) is 11.6. The maximum absolute atomic E-state index is 11.4. The van der Waals surface area contributed by atoms with Crippen molar-refractivity contribution < 1.29 is 37.6 Å². The smallest absolute Gasteiger partial charge is 0.463 e. The first kappa shape index (κ1) is 19.5. The Bertz CT molecular complexity index is 406. The van der Waals surface area contributed by atoms with Crippen LogP contribution in [-0.4, -0.2) is 43.3 Å². The average molecular weight is 322 g/mol. The Morgan fingerprint density at radius 2 is 1.38 bits per heavy atom. The quantitative estimate of drug-likeness (QED) is 0.248. The van der Waals surface area contributed by atoms with Gasteiger partial charge in [0.05, 0.1) is 19.8 Å².